The largest absolute Gasteiger partial charge is 0.497 e. The van der Waals surface area contributed by atoms with Crippen molar-refractivity contribution < 1.29 is 23.8 Å². The molecule has 2 aromatic carbocycles. The van der Waals surface area contributed by atoms with Crippen LogP contribution in [0.25, 0.3) is 11.1 Å². The lowest BCUT2D eigenvalue weighted by Crippen LogP contribution is -2.46. The number of ether oxygens (including phenoxy) is 3. The van der Waals surface area contributed by atoms with Crippen molar-refractivity contribution in [3.63, 3.8) is 0 Å². The van der Waals surface area contributed by atoms with Gasteiger partial charge < -0.3 is 14.2 Å². The third-order valence-corrected chi connectivity index (χ3v) is 3.60. The fourth-order valence-electron chi connectivity index (χ4n) is 2.13. The molecule has 8 heteroatoms. The van der Waals surface area contributed by atoms with Crippen molar-refractivity contribution in [3.05, 3.63) is 47.5 Å². The first-order valence-corrected chi connectivity index (χ1v) is 7.54. The Labute approximate surface area is 150 Å². The molecule has 7 nitrogen and oxygen atoms in total. The highest BCUT2D eigenvalue weighted by atomic mass is 35.5. The third-order valence-electron chi connectivity index (χ3n) is 3.35. The zero-order valence-electron chi connectivity index (χ0n) is 13.9. The molecule has 0 fully saturated rings. The van der Waals surface area contributed by atoms with Crippen LogP contribution in [0.3, 0.4) is 0 Å². The topological polar surface area (TPSA) is 77.1 Å². The zero-order valence-corrected chi connectivity index (χ0v) is 14.7. The van der Waals surface area contributed by atoms with Gasteiger partial charge >= 0.3 is 12.2 Å². The summed E-state index contributed by atoms with van der Waals surface area (Å²) < 4.78 is 14.6. The molecule has 0 bridgehead atoms. The van der Waals surface area contributed by atoms with Crippen LogP contribution in [-0.2, 0) is 9.47 Å². The Morgan fingerprint density at radius 2 is 1.68 bits per heavy atom. The second-order valence-corrected chi connectivity index (χ2v) is 5.24. The van der Waals surface area contributed by atoms with Crippen LogP contribution in [-0.4, -0.2) is 33.5 Å². The van der Waals surface area contributed by atoms with Crippen LogP contribution >= 0.6 is 11.6 Å². The summed E-state index contributed by atoms with van der Waals surface area (Å²) in [5, 5.41) is 1.53. The second-order valence-electron chi connectivity index (χ2n) is 4.80. The first-order chi connectivity index (χ1) is 12.0. The monoisotopic (exact) mass is 364 g/mol. The van der Waals surface area contributed by atoms with Gasteiger partial charge in [0, 0.05) is 10.6 Å². The Morgan fingerprint density at radius 3 is 2.24 bits per heavy atom. The number of hydrazine groups is 1. The average Bonchev–Trinajstić information content (AvgIpc) is 2.65. The molecule has 0 aromatic heterocycles. The van der Waals surface area contributed by atoms with Gasteiger partial charge in [-0.05, 0) is 35.9 Å². The average molecular weight is 365 g/mol. The number of benzene rings is 2. The molecule has 0 aliphatic carbocycles. The lowest BCUT2D eigenvalue weighted by atomic mass is 10.0. The quantitative estimate of drug-likeness (QED) is 0.837. The van der Waals surface area contributed by atoms with Gasteiger partial charge in [-0.25, -0.2) is 15.0 Å². The minimum atomic E-state index is -0.816. The van der Waals surface area contributed by atoms with E-state index in [4.69, 9.17) is 21.1 Å². The van der Waals surface area contributed by atoms with E-state index in [0.29, 0.717) is 22.0 Å². The van der Waals surface area contributed by atoms with Crippen molar-refractivity contribution in [2.24, 2.45) is 0 Å². The van der Waals surface area contributed by atoms with Gasteiger partial charge in [0.2, 0.25) is 0 Å². The third kappa shape index (κ3) is 4.33. The highest BCUT2D eigenvalue weighted by Crippen LogP contribution is 2.34. The van der Waals surface area contributed by atoms with Crippen LogP contribution in [0.15, 0.2) is 42.5 Å². The van der Waals surface area contributed by atoms with Gasteiger partial charge in [0.25, 0.3) is 0 Å². The second kappa shape index (κ2) is 8.25. The predicted octanol–water partition coefficient (Wildman–Crippen LogP) is 3.86. The molecule has 0 saturated heterocycles. The Kier molecular flexibility index (Phi) is 6.08. The van der Waals surface area contributed by atoms with Gasteiger partial charge in [-0.1, -0.05) is 23.7 Å². The number of rotatable bonds is 3. The number of carbonyl (C=O) groups excluding carboxylic acids is 2. The fraction of sp³-hybridized carbons (Fsp3) is 0.176. The van der Waals surface area contributed by atoms with Gasteiger partial charge in [0.05, 0.1) is 27.0 Å². The van der Waals surface area contributed by atoms with E-state index >= 15 is 0 Å². The van der Waals surface area contributed by atoms with Gasteiger partial charge in [-0.2, -0.15) is 5.01 Å². The van der Waals surface area contributed by atoms with Crippen molar-refractivity contribution in [2.45, 2.75) is 0 Å². The number of nitrogens with one attached hydrogen (secondary N) is 1. The summed E-state index contributed by atoms with van der Waals surface area (Å²) in [4.78, 5) is 23.7. The van der Waals surface area contributed by atoms with Gasteiger partial charge in [0.1, 0.15) is 5.75 Å². The van der Waals surface area contributed by atoms with Crippen molar-refractivity contribution >= 4 is 29.5 Å². The molecule has 2 rings (SSSR count). The van der Waals surface area contributed by atoms with Crippen LogP contribution in [0.5, 0.6) is 5.75 Å². The summed E-state index contributed by atoms with van der Waals surface area (Å²) >= 11 is 5.94. The molecule has 0 atom stereocenters. The number of anilines is 1. The van der Waals surface area contributed by atoms with E-state index in [0.717, 1.165) is 10.6 Å². The van der Waals surface area contributed by atoms with Gasteiger partial charge in [0.15, 0.2) is 0 Å². The number of hydrogen-bond acceptors (Lipinski definition) is 5. The molecule has 0 radical (unpaired) electrons. The smallest absolute Gasteiger partial charge is 0.433 e. The maximum absolute atomic E-state index is 12.1. The molecule has 2 amide bonds. The van der Waals surface area contributed by atoms with E-state index in [9.17, 15) is 9.59 Å². The van der Waals surface area contributed by atoms with Gasteiger partial charge in [-0.3, -0.25) is 0 Å². The van der Waals surface area contributed by atoms with Crippen LogP contribution in [0.1, 0.15) is 0 Å². The molecule has 0 heterocycles. The fourth-order valence-corrected chi connectivity index (χ4v) is 2.26. The number of halogens is 1. The lowest BCUT2D eigenvalue weighted by molar-refractivity contribution is 0.157. The molecule has 1 N–H and O–H groups in total. The normalized spacial score (nSPS) is 9.92. The number of carbonyl (C=O) groups is 2. The number of methoxy groups -OCH3 is 3. The zero-order chi connectivity index (χ0) is 18.4. The Balaban J connectivity index is 2.58. The van der Waals surface area contributed by atoms with E-state index < -0.39 is 12.2 Å². The van der Waals surface area contributed by atoms with E-state index in [2.05, 4.69) is 10.2 Å². The first kappa shape index (κ1) is 18.4. The molecular weight excluding hydrogens is 348 g/mol. The maximum Gasteiger partial charge on any atom is 0.433 e. The summed E-state index contributed by atoms with van der Waals surface area (Å²) in [6.45, 7) is 0. The van der Waals surface area contributed by atoms with Crippen molar-refractivity contribution in [2.75, 3.05) is 26.3 Å². The summed E-state index contributed by atoms with van der Waals surface area (Å²) in [6.07, 6.45) is -1.60. The Hall–Kier alpha value is -2.93. The lowest BCUT2D eigenvalue weighted by Gasteiger charge is -2.24. The van der Waals surface area contributed by atoms with Crippen molar-refractivity contribution in [1.29, 1.82) is 0 Å². The standard InChI is InChI=1S/C17H17ClN2O5/c1-23-13-8-9-15(20(17(22)25-3)19-16(21)24-2)14(10-13)11-4-6-12(18)7-5-11/h4-10H,1-3H3,(H,19,21). The van der Waals surface area contributed by atoms with E-state index in [1.54, 1.807) is 42.5 Å². The maximum atomic E-state index is 12.1. The van der Waals surface area contributed by atoms with E-state index in [-0.39, 0.29) is 0 Å². The first-order valence-electron chi connectivity index (χ1n) is 7.16. The molecule has 25 heavy (non-hydrogen) atoms. The number of hydrogen-bond donors (Lipinski definition) is 1. The molecule has 2 aromatic rings. The van der Waals surface area contributed by atoms with Crippen LogP contribution in [0.2, 0.25) is 5.02 Å². The number of nitrogens with zero attached hydrogens (tertiary/aromatic N) is 1. The predicted molar refractivity (Wildman–Crippen MR) is 93.9 cm³/mol. The van der Waals surface area contributed by atoms with E-state index in [1.807, 2.05) is 0 Å². The minimum Gasteiger partial charge on any atom is -0.497 e. The molecule has 0 unspecified atom stereocenters. The molecule has 132 valence electrons. The summed E-state index contributed by atoms with van der Waals surface area (Å²) in [7, 11) is 3.93. The van der Waals surface area contributed by atoms with Crippen LogP contribution in [0.4, 0.5) is 15.3 Å². The minimum absolute atomic E-state index is 0.375. The SMILES string of the molecule is COC(=O)NN(C(=O)OC)c1ccc(OC)cc1-c1ccc(Cl)cc1. The Bertz CT molecular complexity index is 764. The van der Waals surface area contributed by atoms with Crippen LogP contribution < -0.4 is 15.2 Å². The summed E-state index contributed by atoms with van der Waals surface area (Å²) in [5.74, 6) is 0.580. The van der Waals surface area contributed by atoms with Crippen molar-refractivity contribution in [1.82, 2.24) is 5.43 Å². The molecule has 0 saturated carbocycles. The summed E-state index contributed by atoms with van der Waals surface area (Å²) in [5.41, 5.74) is 4.08. The summed E-state index contributed by atoms with van der Waals surface area (Å²) in [6, 6.07) is 12.0. The Morgan fingerprint density at radius 1 is 1.00 bits per heavy atom. The molecule has 0 spiro atoms. The van der Waals surface area contributed by atoms with Crippen molar-refractivity contribution in [3.8, 4) is 16.9 Å². The van der Waals surface area contributed by atoms with E-state index in [1.165, 1.54) is 21.3 Å². The van der Waals surface area contributed by atoms with Gasteiger partial charge in [-0.15, -0.1) is 0 Å². The molecule has 0 aliphatic heterocycles. The highest BCUT2D eigenvalue weighted by Gasteiger charge is 2.23. The van der Waals surface area contributed by atoms with Crippen LogP contribution in [0, 0.1) is 0 Å². The number of amides is 2. The highest BCUT2D eigenvalue weighted by molar-refractivity contribution is 6.30. The molecule has 0 aliphatic rings. The molecular formula is C17H17ClN2O5.